The Morgan fingerprint density at radius 3 is 1.71 bits per heavy atom. The molecule has 0 aromatic rings. The average Bonchev–Trinajstić information content (AvgIpc) is 2.37. The fourth-order valence-electron chi connectivity index (χ4n) is 0.475. The van der Waals surface area contributed by atoms with E-state index in [4.69, 9.17) is 0 Å². The molecule has 0 aromatic carbocycles. The minimum Gasteiger partial charge on any atom is -0.299 e. The number of likely N-dealkylation sites (N-methyl/N-ethyl adjacent to an activating group) is 1. The first-order valence-electron chi connectivity index (χ1n) is 3.54. The predicted molar refractivity (Wildman–Crippen MR) is 63.2 cm³/mol. The summed E-state index contributed by atoms with van der Waals surface area (Å²) in [5.41, 5.74) is 0. The lowest BCUT2D eigenvalue weighted by molar-refractivity contribution is -0.135. The fourth-order valence-corrected chi connectivity index (χ4v) is 0.475. The number of imide groups is 1. The van der Waals surface area contributed by atoms with E-state index >= 15 is 0 Å². The van der Waals surface area contributed by atoms with E-state index in [2.05, 4.69) is 0 Å². The molecule has 80 valence electrons. The van der Waals surface area contributed by atoms with Gasteiger partial charge in [-0.2, -0.15) is 0 Å². The highest BCUT2D eigenvalue weighted by Gasteiger charge is 2.17. The SMILES string of the molecule is C.CC(=O)CI.CN1C(=O)C=CC1=O. The van der Waals surface area contributed by atoms with Gasteiger partial charge in [0.25, 0.3) is 11.8 Å². The van der Waals surface area contributed by atoms with Gasteiger partial charge < -0.3 is 0 Å². The third kappa shape index (κ3) is 5.85. The standard InChI is InChI=1S/C5H5NO2.C3H5IO.CH4/c1-6-4(7)2-3-5(6)8;1-3(5)2-4;/h2-3H,1H3;2H2,1H3;1H4. The zero-order valence-electron chi connectivity index (χ0n) is 7.41. The maximum Gasteiger partial charge on any atom is 0.253 e. The van der Waals surface area contributed by atoms with Crippen molar-refractivity contribution < 1.29 is 14.4 Å². The monoisotopic (exact) mass is 311 g/mol. The zero-order valence-corrected chi connectivity index (χ0v) is 9.57. The summed E-state index contributed by atoms with van der Waals surface area (Å²) in [5.74, 6) is -0.240. The summed E-state index contributed by atoms with van der Waals surface area (Å²) in [6.45, 7) is 1.58. The van der Waals surface area contributed by atoms with E-state index < -0.39 is 0 Å². The summed E-state index contributed by atoms with van der Waals surface area (Å²) in [7, 11) is 1.45. The number of alkyl halides is 1. The van der Waals surface area contributed by atoms with Gasteiger partial charge in [-0.1, -0.05) is 30.0 Å². The number of Topliss-reactive ketones (excluding diaryl/α,β-unsaturated/α-hetero) is 1. The summed E-state index contributed by atoms with van der Waals surface area (Å²) in [6, 6.07) is 0. The molecule has 1 aliphatic heterocycles. The molecule has 0 bridgehead atoms. The fraction of sp³-hybridized carbons (Fsp3) is 0.444. The molecule has 0 aliphatic carbocycles. The molecule has 14 heavy (non-hydrogen) atoms. The topological polar surface area (TPSA) is 54.5 Å². The van der Waals surface area contributed by atoms with Gasteiger partial charge in [0.05, 0.1) is 4.43 Å². The van der Waals surface area contributed by atoms with E-state index in [1.165, 1.54) is 19.2 Å². The summed E-state index contributed by atoms with van der Waals surface area (Å²) in [6.07, 6.45) is 2.50. The van der Waals surface area contributed by atoms with Crippen LogP contribution in [-0.2, 0) is 14.4 Å². The molecule has 0 saturated heterocycles. The van der Waals surface area contributed by atoms with Crippen LogP contribution in [-0.4, -0.2) is 34.0 Å². The molecule has 0 N–H and O–H groups in total. The highest BCUT2D eigenvalue weighted by Crippen LogP contribution is 1.97. The molecule has 0 saturated carbocycles. The summed E-state index contributed by atoms with van der Waals surface area (Å²) < 4.78 is 0.637. The number of ketones is 1. The lowest BCUT2D eigenvalue weighted by Gasteiger charge is -2.01. The maximum atomic E-state index is 10.4. The number of hydrogen-bond acceptors (Lipinski definition) is 3. The molecule has 0 fully saturated rings. The minimum absolute atomic E-state index is 0. The number of carbonyl (C=O) groups excluding carboxylic acids is 3. The first kappa shape index (κ1) is 15.7. The van der Waals surface area contributed by atoms with Crippen molar-refractivity contribution in [2.24, 2.45) is 0 Å². The van der Waals surface area contributed by atoms with Crippen molar-refractivity contribution in [3.63, 3.8) is 0 Å². The summed E-state index contributed by atoms with van der Waals surface area (Å²) in [4.78, 5) is 31.7. The lowest BCUT2D eigenvalue weighted by Crippen LogP contribution is -2.24. The van der Waals surface area contributed by atoms with Crippen LogP contribution in [0.4, 0.5) is 0 Å². The van der Waals surface area contributed by atoms with Gasteiger partial charge >= 0.3 is 0 Å². The molecule has 4 nitrogen and oxygen atoms in total. The Labute approximate surface area is 97.5 Å². The Hall–Kier alpha value is -0.720. The Balaban J connectivity index is 0. The number of nitrogens with zero attached hydrogens (tertiary/aromatic N) is 1. The molecule has 2 amide bonds. The van der Waals surface area contributed by atoms with Gasteiger partial charge in [0.2, 0.25) is 0 Å². The number of hydrogen-bond donors (Lipinski definition) is 0. The van der Waals surface area contributed by atoms with Crippen molar-refractivity contribution >= 4 is 40.2 Å². The first-order valence-corrected chi connectivity index (χ1v) is 5.06. The molecule has 1 rings (SSSR count). The normalized spacial score (nSPS) is 13.2. The van der Waals surface area contributed by atoms with E-state index in [9.17, 15) is 14.4 Å². The summed E-state index contributed by atoms with van der Waals surface area (Å²) in [5, 5.41) is 0. The molecule has 5 heteroatoms. The number of amides is 2. The zero-order chi connectivity index (χ0) is 10.4. The first-order chi connectivity index (χ1) is 5.99. The van der Waals surface area contributed by atoms with Crippen molar-refractivity contribution in [2.45, 2.75) is 14.4 Å². The molecule has 0 aromatic heterocycles. The highest BCUT2D eigenvalue weighted by molar-refractivity contribution is 14.1. The lowest BCUT2D eigenvalue weighted by atomic mass is 10.5. The number of rotatable bonds is 1. The molecular formula is C9H14INO3. The molecule has 1 heterocycles. The second kappa shape index (κ2) is 7.66. The Morgan fingerprint density at radius 1 is 1.36 bits per heavy atom. The third-order valence-electron chi connectivity index (χ3n) is 1.22. The van der Waals surface area contributed by atoms with E-state index in [0.717, 1.165) is 4.90 Å². The van der Waals surface area contributed by atoms with Crippen molar-refractivity contribution in [2.75, 3.05) is 11.5 Å². The van der Waals surface area contributed by atoms with Crippen molar-refractivity contribution in [3.8, 4) is 0 Å². The van der Waals surface area contributed by atoms with Gasteiger partial charge in [-0.25, -0.2) is 0 Å². The van der Waals surface area contributed by atoms with Crippen LogP contribution >= 0.6 is 22.6 Å². The second-order valence-electron chi connectivity index (χ2n) is 2.40. The van der Waals surface area contributed by atoms with Crippen LogP contribution in [0.15, 0.2) is 12.2 Å². The van der Waals surface area contributed by atoms with Crippen LogP contribution in [0, 0.1) is 0 Å². The van der Waals surface area contributed by atoms with Crippen molar-refractivity contribution in [1.29, 1.82) is 0 Å². The number of halogens is 1. The van der Waals surface area contributed by atoms with E-state index in [1.54, 1.807) is 6.92 Å². The highest BCUT2D eigenvalue weighted by atomic mass is 127. The van der Waals surface area contributed by atoms with Crippen LogP contribution in [0.25, 0.3) is 0 Å². The van der Waals surface area contributed by atoms with Crippen LogP contribution < -0.4 is 0 Å². The van der Waals surface area contributed by atoms with Gasteiger partial charge in [0, 0.05) is 19.2 Å². The molecular weight excluding hydrogens is 297 g/mol. The molecule has 1 aliphatic rings. The maximum absolute atomic E-state index is 10.4. The Morgan fingerprint density at radius 2 is 1.64 bits per heavy atom. The number of carbonyl (C=O) groups is 3. The minimum atomic E-state index is -0.241. The third-order valence-corrected chi connectivity index (χ3v) is 2.29. The quantitative estimate of drug-likeness (QED) is 0.415. The Bertz CT molecular complexity index is 243. The van der Waals surface area contributed by atoms with Gasteiger partial charge in [-0.15, -0.1) is 0 Å². The van der Waals surface area contributed by atoms with E-state index in [-0.39, 0.29) is 25.0 Å². The van der Waals surface area contributed by atoms with Crippen LogP contribution in [0.5, 0.6) is 0 Å². The van der Waals surface area contributed by atoms with E-state index in [1.807, 2.05) is 22.6 Å². The average molecular weight is 311 g/mol. The van der Waals surface area contributed by atoms with Crippen LogP contribution in [0.3, 0.4) is 0 Å². The van der Waals surface area contributed by atoms with E-state index in [0.29, 0.717) is 4.43 Å². The van der Waals surface area contributed by atoms with Gasteiger partial charge in [-0.3, -0.25) is 19.3 Å². The van der Waals surface area contributed by atoms with Crippen LogP contribution in [0.1, 0.15) is 14.4 Å². The van der Waals surface area contributed by atoms with Gasteiger partial charge in [0.1, 0.15) is 5.78 Å². The molecule has 0 spiro atoms. The van der Waals surface area contributed by atoms with Gasteiger partial charge in [-0.05, 0) is 6.92 Å². The second-order valence-corrected chi connectivity index (χ2v) is 3.17. The van der Waals surface area contributed by atoms with Crippen LogP contribution in [0.2, 0.25) is 0 Å². The largest absolute Gasteiger partial charge is 0.299 e. The molecule has 0 atom stereocenters. The summed E-state index contributed by atoms with van der Waals surface area (Å²) >= 11 is 2.03. The van der Waals surface area contributed by atoms with Gasteiger partial charge in [0.15, 0.2) is 0 Å². The molecule has 0 unspecified atom stereocenters. The van der Waals surface area contributed by atoms with Crippen molar-refractivity contribution in [3.05, 3.63) is 12.2 Å². The van der Waals surface area contributed by atoms with Crippen molar-refractivity contribution in [1.82, 2.24) is 4.90 Å². The predicted octanol–water partition coefficient (Wildman–Crippen LogP) is 1.19. The smallest absolute Gasteiger partial charge is 0.253 e. The molecule has 0 radical (unpaired) electrons. The Kier molecular flexibility index (Phi) is 8.61.